The van der Waals surface area contributed by atoms with Crippen molar-refractivity contribution in [2.24, 2.45) is 0 Å². The zero-order valence-corrected chi connectivity index (χ0v) is 7.39. The molecule has 5 heteroatoms. The molecule has 1 aliphatic rings. The van der Waals surface area contributed by atoms with Crippen LogP contribution >= 0.6 is 11.8 Å². The van der Waals surface area contributed by atoms with Crippen molar-refractivity contribution >= 4 is 23.6 Å². The fourth-order valence-corrected chi connectivity index (χ4v) is 1.61. The molecule has 0 saturated heterocycles. The second kappa shape index (κ2) is 4.35. The van der Waals surface area contributed by atoms with Crippen molar-refractivity contribution in [2.45, 2.75) is 18.1 Å². The fraction of sp³-hybridized carbons (Fsp3) is 0.714. The van der Waals surface area contributed by atoms with Gasteiger partial charge in [-0.1, -0.05) is 0 Å². The van der Waals surface area contributed by atoms with E-state index in [-0.39, 0.29) is 12.5 Å². The highest BCUT2D eigenvalue weighted by molar-refractivity contribution is 8.00. The Bertz CT molecular complexity index is 191. The van der Waals surface area contributed by atoms with Crippen LogP contribution in [0, 0.1) is 0 Å². The lowest BCUT2D eigenvalue weighted by Crippen LogP contribution is -2.30. The van der Waals surface area contributed by atoms with Gasteiger partial charge in [0.2, 0.25) is 5.91 Å². The average molecular weight is 189 g/mol. The van der Waals surface area contributed by atoms with Crippen molar-refractivity contribution < 1.29 is 14.7 Å². The van der Waals surface area contributed by atoms with Gasteiger partial charge in [0.25, 0.3) is 0 Å². The maximum absolute atomic E-state index is 10.9. The predicted octanol–water partition coefficient (Wildman–Crippen LogP) is 0.0828. The summed E-state index contributed by atoms with van der Waals surface area (Å²) in [6.07, 6.45) is 2.38. The van der Waals surface area contributed by atoms with Crippen LogP contribution < -0.4 is 5.32 Å². The van der Waals surface area contributed by atoms with E-state index < -0.39 is 5.97 Å². The van der Waals surface area contributed by atoms with Crippen molar-refractivity contribution in [1.29, 1.82) is 0 Å². The van der Waals surface area contributed by atoms with Crippen LogP contribution in [-0.4, -0.2) is 34.5 Å². The molecular weight excluding hydrogens is 178 g/mol. The Balaban J connectivity index is 1.98. The summed E-state index contributed by atoms with van der Waals surface area (Å²) in [7, 11) is 0. The van der Waals surface area contributed by atoms with E-state index in [1.54, 1.807) is 11.8 Å². The van der Waals surface area contributed by atoms with E-state index in [1.165, 1.54) is 12.8 Å². The lowest BCUT2D eigenvalue weighted by Gasteiger charge is -2.00. The minimum atomic E-state index is -1.00. The van der Waals surface area contributed by atoms with Gasteiger partial charge in [0.05, 0.1) is 5.75 Å². The van der Waals surface area contributed by atoms with E-state index in [9.17, 15) is 9.59 Å². The number of aliphatic carboxylic acids is 1. The number of carbonyl (C=O) groups is 2. The summed E-state index contributed by atoms with van der Waals surface area (Å²) in [5.74, 6) is -0.799. The number of hydrogen-bond donors (Lipinski definition) is 2. The maximum Gasteiger partial charge on any atom is 0.322 e. The first-order valence-corrected chi connectivity index (χ1v) is 4.83. The lowest BCUT2D eigenvalue weighted by molar-refractivity contribution is -0.137. The molecule has 12 heavy (non-hydrogen) atoms. The van der Waals surface area contributed by atoms with Crippen molar-refractivity contribution in [3.05, 3.63) is 0 Å². The SMILES string of the molecule is O=C(O)CNC(=O)CSC1CC1. The van der Waals surface area contributed by atoms with Gasteiger partial charge in [-0.25, -0.2) is 0 Å². The lowest BCUT2D eigenvalue weighted by atomic mass is 10.6. The molecule has 0 radical (unpaired) electrons. The molecule has 1 saturated carbocycles. The molecule has 0 unspecified atom stereocenters. The van der Waals surface area contributed by atoms with Gasteiger partial charge in [0, 0.05) is 5.25 Å². The number of thioether (sulfide) groups is 1. The fourth-order valence-electron chi connectivity index (χ4n) is 0.653. The molecule has 0 spiro atoms. The summed E-state index contributed by atoms with van der Waals surface area (Å²) < 4.78 is 0. The van der Waals surface area contributed by atoms with Crippen LogP contribution in [0.15, 0.2) is 0 Å². The van der Waals surface area contributed by atoms with Gasteiger partial charge in [0.15, 0.2) is 0 Å². The van der Waals surface area contributed by atoms with Crippen LogP contribution in [0.2, 0.25) is 0 Å². The standard InChI is InChI=1S/C7H11NO3S/c9-6(8-3-7(10)11)4-12-5-1-2-5/h5H,1-4H2,(H,8,9)(H,10,11). The third kappa shape index (κ3) is 4.23. The summed E-state index contributed by atoms with van der Waals surface area (Å²) in [5.41, 5.74) is 0. The van der Waals surface area contributed by atoms with Crippen molar-refractivity contribution in [3.63, 3.8) is 0 Å². The summed E-state index contributed by atoms with van der Waals surface area (Å²) in [6.45, 7) is -0.274. The Morgan fingerprint density at radius 1 is 1.50 bits per heavy atom. The molecule has 1 aliphatic carbocycles. The Morgan fingerprint density at radius 3 is 2.67 bits per heavy atom. The van der Waals surface area contributed by atoms with Crippen LogP contribution in [0.4, 0.5) is 0 Å². The molecule has 68 valence electrons. The first-order valence-electron chi connectivity index (χ1n) is 3.78. The van der Waals surface area contributed by atoms with E-state index in [1.807, 2.05) is 0 Å². The molecule has 2 N–H and O–H groups in total. The summed E-state index contributed by atoms with van der Waals surface area (Å²) in [6, 6.07) is 0. The highest BCUT2D eigenvalue weighted by Gasteiger charge is 2.22. The minimum absolute atomic E-state index is 0.186. The van der Waals surface area contributed by atoms with Crippen LogP contribution in [-0.2, 0) is 9.59 Å². The summed E-state index contributed by atoms with van der Waals surface area (Å²) in [4.78, 5) is 20.9. The smallest absolute Gasteiger partial charge is 0.322 e. The van der Waals surface area contributed by atoms with Gasteiger partial charge in [-0.2, -0.15) is 0 Å². The first-order chi connectivity index (χ1) is 5.68. The molecule has 0 aliphatic heterocycles. The zero-order chi connectivity index (χ0) is 8.97. The number of amides is 1. The van der Waals surface area contributed by atoms with Crippen molar-refractivity contribution in [2.75, 3.05) is 12.3 Å². The normalized spacial score (nSPS) is 15.7. The second-order valence-electron chi connectivity index (χ2n) is 2.68. The number of carboxylic acid groups (broad SMARTS) is 1. The zero-order valence-electron chi connectivity index (χ0n) is 6.58. The molecule has 0 aromatic carbocycles. The molecule has 1 rings (SSSR count). The van der Waals surface area contributed by atoms with Gasteiger partial charge in [-0.15, -0.1) is 11.8 Å². The monoisotopic (exact) mass is 189 g/mol. The third-order valence-electron chi connectivity index (χ3n) is 1.41. The van der Waals surface area contributed by atoms with E-state index >= 15 is 0 Å². The quantitative estimate of drug-likeness (QED) is 0.643. The van der Waals surface area contributed by atoms with Crippen molar-refractivity contribution in [3.8, 4) is 0 Å². The molecular formula is C7H11NO3S. The number of carbonyl (C=O) groups excluding carboxylic acids is 1. The Morgan fingerprint density at radius 2 is 2.17 bits per heavy atom. The minimum Gasteiger partial charge on any atom is -0.480 e. The second-order valence-corrected chi connectivity index (χ2v) is 3.97. The predicted molar refractivity (Wildman–Crippen MR) is 46.1 cm³/mol. The molecule has 0 bridgehead atoms. The van der Waals surface area contributed by atoms with Crippen LogP contribution in [0.5, 0.6) is 0 Å². The largest absolute Gasteiger partial charge is 0.480 e. The summed E-state index contributed by atoms with van der Waals surface area (Å²) >= 11 is 1.60. The maximum atomic E-state index is 10.9. The van der Waals surface area contributed by atoms with Gasteiger partial charge in [-0.3, -0.25) is 9.59 Å². The van der Waals surface area contributed by atoms with Gasteiger partial charge in [-0.05, 0) is 12.8 Å². The van der Waals surface area contributed by atoms with E-state index in [2.05, 4.69) is 5.32 Å². The molecule has 0 aromatic heterocycles. The Kier molecular flexibility index (Phi) is 3.40. The number of hydrogen-bond acceptors (Lipinski definition) is 3. The number of carboxylic acids is 1. The van der Waals surface area contributed by atoms with Crippen LogP contribution in [0.1, 0.15) is 12.8 Å². The van der Waals surface area contributed by atoms with Crippen molar-refractivity contribution in [1.82, 2.24) is 5.32 Å². The topological polar surface area (TPSA) is 66.4 Å². The molecule has 1 amide bonds. The van der Waals surface area contributed by atoms with Gasteiger partial charge < -0.3 is 10.4 Å². The summed E-state index contributed by atoms with van der Waals surface area (Å²) in [5, 5.41) is 11.2. The molecule has 0 heterocycles. The average Bonchev–Trinajstić information content (AvgIpc) is 2.80. The van der Waals surface area contributed by atoms with Gasteiger partial charge >= 0.3 is 5.97 Å². The third-order valence-corrected chi connectivity index (χ3v) is 2.78. The van der Waals surface area contributed by atoms with Crippen LogP contribution in [0.3, 0.4) is 0 Å². The van der Waals surface area contributed by atoms with E-state index in [0.29, 0.717) is 11.0 Å². The Labute approximate surface area is 74.7 Å². The molecule has 0 aromatic rings. The highest BCUT2D eigenvalue weighted by Crippen LogP contribution is 2.33. The van der Waals surface area contributed by atoms with E-state index in [0.717, 1.165) is 0 Å². The number of rotatable bonds is 5. The van der Waals surface area contributed by atoms with E-state index in [4.69, 9.17) is 5.11 Å². The molecule has 0 atom stereocenters. The first kappa shape index (κ1) is 9.38. The van der Waals surface area contributed by atoms with Crippen LogP contribution in [0.25, 0.3) is 0 Å². The Hall–Kier alpha value is -0.710. The molecule has 1 fully saturated rings. The highest BCUT2D eigenvalue weighted by atomic mass is 32.2. The van der Waals surface area contributed by atoms with Gasteiger partial charge in [0.1, 0.15) is 6.54 Å². The number of nitrogens with one attached hydrogen (secondary N) is 1. The molecule has 4 nitrogen and oxygen atoms in total.